The smallest absolute Gasteiger partial charge is 0.252 e. The highest BCUT2D eigenvalue weighted by Crippen LogP contribution is 2.23. The third-order valence-corrected chi connectivity index (χ3v) is 6.81. The highest BCUT2D eigenvalue weighted by atomic mass is 32.2. The molecular weight excluding hydrogens is 512 g/mol. The van der Waals surface area contributed by atoms with Gasteiger partial charge in [0.25, 0.3) is 5.91 Å². The van der Waals surface area contributed by atoms with Crippen LogP contribution < -0.4 is 15.4 Å². The number of carbonyl (C=O) groups excluding carboxylic acids is 2. The van der Waals surface area contributed by atoms with Crippen molar-refractivity contribution in [1.29, 1.82) is 0 Å². The van der Waals surface area contributed by atoms with E-state index in [2.05, 4.69) is 10.6 Å². The SMILES string of the molecule is Cc1cc(S(C)=O)ccc1C(=O)NC(COCc1ccccc1)C(=O)Nc1ccc(Oc2ccccc2)cc1. The fourth-order valence-electron chi connectivity index (χ4n) is 3.82. The van der Waals surface area contributed by atoms with Gasteiger partial charge in [-0.2, -0.15) is 0 Å². The first-order valence-electron chi connectivity index (χ1n) is 12.4. The average molecular weight is 543 g/mol. The van der Waals surface area contributed by atoms with E-state index in [4.69, 9.17) is 9.47 Å². The molecule has 0 saturated heterocycles. The van der Waals surface area contributed by atoms with Gasteiger partial charge in [0.1, 0.15) is 17.5 Å². The molecule has 200 valence electrons. The van der Waals surface area contributed by atoms with E-state index in [1.807, 2.05) is 60.7 Å². The maximum absolute atomic E-state index is 13.2. The summed E-state index contributed by atoms with van der Waals surface area (Å²) < 4.78 is 23.4. The zero-order chi connectivity index (χ0) is 27.6. The summed E-state index contributed by atoms with van der Waals surface area (Å²) in [4.78, 5) is 27.0. The zero-order valence-electron chi connectivity index (χ0n) is 21.8. The summed E-state index contributed by atoms with van der Waals surface area (Å²) in [6.07, 6.45) is 1.58. The standard InChI is InChI=1S/C31H30N2O5S/c1-22-19-27(39(2)36)17-18-28(22)30(34)33-29(21-37-20-23-9-5-3-6-10-23)31(35)32-24-13-15-26(16-14-24)38-25-11-7-4-8-12-25/h3-19,29H,20-21H2,1-2H3,(H,32,35)(H,33,34). The lowest BCUT2D eigenvalue weighted by atomic mass is 10.1. The van der Waals surface area contributed by atoms with Gasteiger partial charge in [-0.15, -0.1) is 0 Å². The average Bonchev–Trinajstić information content (AvgIpc) is 2.94. The summed E-state index contributed by atoms with van der Waals surface area (Å²) in [5.41, 5.74) is 2.57. The van der Waals surface area contributed by atoms with E-state index in [9.17, 15) is 13.8 Å². The van der Waals surface area contributed by atoms with Gasteiger partial charge in [-0.3, -0.25) is 13.8 Å². The summed E-state index contributed by atoms with van der Waals surface area (Å²) in [6.45, 7) is 2.03. The molecule has 0 heterocycles. The number of para-hydroxylation sites is 1. The van der Waals surface area contributed by atoms with E-state index >= 15 is 0 Å². The van der Waals surface area contributed by atoms with Crippen LogP contribution in [-0.4, -0.2) is 34.9 Å². The minimum atomic E-state index is -1.16. The van der Waals surface area contributed by atoms with E-state index in [0.29, 0.717) is 39.8 Å². The zero-order valence-corrected chi connectivity index (χ0v) is 22.6. The van der Waals surface area contributed by atoms with Gasteiger partial charge in [0.05, 0.1) is 13.2 Å². The predicted molar refractivity (Wildman–Crippen MR) is 152 cm³/mol. The molecule has 2 atom stereocenters. The van der Waals surface area contributed by atoms with Crippen LogP contribution in [0.3, 0.4) is 0 Å². The van der Waals surface area contributed by atoms with Crippen molar-refractivity contribution in [3.05, 3.63) is 120 Å². The van der Waals surface area contributed by atoms with Gasteiger partial charge in [-0.1, -0.05) is 48.5 Å². The molecule has 7 nitrogen and oxygen atoms in total. The van der Waals surface area contributed by atoms with Crippen molar-refractivity contribution in [3.8, 4) is 11.5 Å². The fraction of sp³-hybridized carbons (Fsp3) is 0.161. The van der Waals surface area contributed by atoms with Crippen molar-refractivity contribution in [3.63, 3.8) is 0 Å². The minimum Gasteiger partial charge on any atom is -0.457 e. The van der Waals surface area contributed by atoms with Gasteiger partial charge in [-0.05, 0) is 72.6 Å². The van der Waals surface area contributed by atoms with Crippen molar-refractivity contribution in [2.75, 3.05) is 18.2 Å². The first-order chi connectivity index (χ1) is 18.9. The molecule has 0 fully saturated rings. The predicted octanol–water partition coefficient (Wildman–Crippen LogP) is 5.48. The van der Waals surface area contributed by atoms with Crippen molar-refractivity contribution >= 4 is 28.3 Å². The minimum absolute atomic E-state index is 0.0300. The molecule has 2 amide bonds. The number of ether oxygens (including phenoxy) is 2. The highest BCUT2D eigenvalue weighted by Gasteiger charge is 2.23. The Kier molecular flexibility index (Phi) is 9.61. The number of hydrogen-bond donors (Lipinski definition) is 2. The van der Waals surface area contributed by atoms with Gasteiger partial charge in [-0.25, -0.2) is 0 Å². The van der Waals surface area contributed by atoms with Gasteiger partial charge in [0.2, 0.25) is 5.91 Å². The van der Waals surface area contributed by atoms with Gasteiger partial charge < -0.3 is 20.1 Å². The lowest BCUT2D eigenvalue weighted by Gasteiger charge is -2.20. The third kappa shape index (κ3) is 8.10. The van der Waals surface area contributed by atoms with Crippen LogP contribution in [-0.2, 0) is 26.9 Å². The summed E-state index contributed by atoms with van der Waals surface area (Å²) >= 11 is 0. The second-order valence-electron chi connectivity index (χ2n) is 8.89. The van der Waals surface area contributed by atoms with E-state index in [-0.39, 0.29) is 6.61 Å². The Morgan fingerprint density at radius 3 is 2.13 bits per heavy atom. The normalized spacial score (nSPS) is 12.3. The number of benzene rings is 4. The molecule has 8 heteroatoms. The van der Waals surface area contributed by atoms with Crippen LogP contribution in [0.4, 0.5) is 5.69 Å². The van der Waals surface area contributed by atoms with Crippen LogP contribution in [0.25, 0.3) is 0 Å². The molecule has 0 bridgehead atoms. The third-order valence-electron chi connectivity index (χ3n) is 5.89. The van der Waals surface area contributed by atoms with Crippen LogP contribution in [0.2, 0.25) is 0 Å². The van der Waals surface area contributed by atoms with Crippen LogP contribution in [0.5, 0.6) is 11.5 Å². The molecule has 0 saturated carbocycles. The van der Waals surface area contributed by atoms with Gasteiger partial charge in [0, 0.05) is 33.2 Å². The summed E-state index contributed by atoms with van der Waals surface area (Å²) in [5.74, 6) is 0.497. The van der Waals surface area contributed by atoms with Crippen LogP contribution >= 0.6 is 0 Å². The van der Waals surface area contributed by atoms with Crippen molar-refractivity contribution in [2.24, 2.45) is 0 Å². The van der Waals surface area contributed by atoms with Crippen LogP contribution in [0.15, 0.2) is 108 Å². The number of carbonyl (C=O) groups is 2. The number of anilines is 1. The Morgan fingerprint density at radius 1 is 0.846 bits per heavy atom. The number of aryl methyl sites for hydroxylation is 1. The maximum atomic E-state index is 13.2. The molecule has 2 N–H and O–H groups in total. The van der Waals surface area contributed by atoms with Crippen LogP contribution in [0.1, 0.15) is 21.5 Å². The molecule has 0 aromatic heterocycles. The maximum Gasteiger partial charge on any atom is 0.252 e. The first kappa shape index (κ1) is 27.8. The Labute approximate surface area is 230 Å². The molecule has 4 rings (SSSR count). The van der Waals surface area contributed by atoms with Gasteiger partial charge in [0.15, 0.2) is 0 Å². The lowest BCUT2D eigenvalue weighted by Crippen LogP contribution is -2.47. The number of rotatable bonds is 11. The van der Waals surface area contributed by atoms with E-state index in [1.54, 1.807) is 55.6 Å². The molecular formula is C31H30N2O5S. The first-order valence-corrected chi connectivity index (χ1v) is 14.0. The summed E-state index contributed by atoms with van der Waals surface area (Å²) in [6, 6.07) is 30.0. The van der Waals surface area contributed by atoms with Crippen LogP contribution in [0, 0.1) is 6.92 Å². The molecule has 0 spiro atoms. The molecule has 0 aliphatic rings. The Bertz CT molecular complexity index is 1430. The summed E-state index contributed by atoms with van der Waals surface area (Å²) in [5, 5.41) is 5.64. The van der Waals surface area contributed by atoms with Crippen molar-refractivity contribution in [2.45, 2.75) is 24.5 Å². The largest absolute Gasteiger partial charge is 0.457 e. The summed E-state index contributed by atoms with van der Waals surface area (Å²) in [7, 11) is -1.16. The van der Waals surface area contributed by atoms with E-state index in [1.165, 1.54) is 0 Å². The molecule has 0 aliphatic heterocycles. The number of nitrogens with one attached hydrogen (secondary N) is 2. The second kappa shape index (κ2) is 13.5. The quantitative estimate of drug-likeness (QED) is 0.262. The lowest BCUT2D eigenvalue weighted by molar-refractivity contribution is -0.119. The fourth-order valence-corrected chi connectivity index (χ4v) is 4.42. The molecule has 2 unspecified atom stereocenters. The highest BCUT2D eigenvalue weighted by molar-refractivity contribution is 7.84. The Balaban J connectivity index is 1.44. The molecule has 4 aromatic rings. The number of amides is 2. The molecule has 4 aromatic carbocycles. The van der Waals surface area contributed by atoms with E-state index in [0.717, 1.165) is 5.56 Å². The number of hydrogen-bond acceptors (Lipinski definition) is 5. The topological polar surface area (TPSA) is 93.7 Å². The Hall–Kier alpha value is -4.27. The molecule has 0 radical (unpaired) electrons. The van der Waals surface area contributed by atoms with E-state index < -0.39 is 28.7 Å². The monoisotopic (exact) mass is 542 g/mol. The van der Waals surface area contributed by atoms with Crippen molar-refractivity contribution < 1.29 is 23.3 Å². The molecule has 0 aliphatic carbocycles. The Morgan fingerprint density at radius 2 is 1.49 bits per heavy atom. The molecule has 39 heavy (non-hydrogen) atoms. The second-order valence-corrected chi connectivity index (χ2v) is 10.3. The van der Waals surface area contributed by atoms with Crippen molar-refractivity contribution in [1.82, 2.24) is 5.32 Å². The van der Waals surface area contributed by atoms with Gasteiger partial charge >= 0.3 is 0 Å².